The predicted octanol–water partition coefficient (Wildman–Crippen LogP) is 6.09. The molecule has 2 fully saturated rings. The van der Waals surface area contributed by atoms with E-state index in [9.17, 15) is 9.90 Å². The van der Waals surface area contributed by atoms with Gasteiger partial charge < -0.3 is 14.6 Å². The minimum absolute atomic E-state index is 0.0445. The Morgan fingerprint density at radius 3 is 2.56 bits per heavy atom. The lowest BCUT2D eigenvalue weighted by Crippen LogP contribution is -2.64. The lowest BCUT2D eigenvalue weighted by atomic mass is 9.48. The molecule has 32 heavy (non-hydrogen) atoms. The Morgan fingerprint density at radius 1 is 1.22 bits per heavy atom. The highest BCUT2D eigenvalue weighted by molar-refractivity contribution is 5.88. The minimum atomic E-state index is -0.628. The van der Waals surface area contributed by atoms with E-state index >= 15 is 0 Å². The molecule has 4 atom stereocenters. The van der Waals surface area contributed by atoms with Crippen LogP contribution in [0.3, 0.4) is 0 Å². The van der Waals surface area contributed by atoms with E-state index in [1.807, 2.05) is 6.92 Å². The summed E-state index contributed by atoms with van der Waals surface area (Å²) in [7, 11) is 1.65. The van der Waals surface area contributed by atoms with Crippen LogP contribution in [0.5, 0.6) is 11.5 Å². The van der Waals surface area contributed by atoms with Crippen LogP contribution in [0.25, 0.3) is 0 Å². The van der Waals surface area contributed by atoms with Crippen LogP contribution in [-0.4, -0.2) is 29.2 Å². The highest BCUT2D eigenvalue weighted by atomic mass is 16.5. The number of phenols is 1. The normalized spacial score (nSPS) is 36.0. The number of methoxy groups -OCH3 is 1. The molecule has 0 amide bonds. The van der Waals surface area contributed by atoms with Gasteiger partial charge >= 0.3 is 0 Å². The topological polar surface area (TPSA) is 55.8 Å². The van der Waals surface area contributed by atoms with Crippen molar-refractivity contribution >= 4 is 5.78 Å². The van der Waals surface area contributed by atoms with E-state index < -0.39 is 11.2 Å². The number of aromatic hydroxyl groups is 1. The summed E-state index contributed by atoms with van der Waals surface area (Å²) in [4.78, 5) is 13.7. The molecule has 1 N–H and O–H groups in total. The van der Waals surface area contributed by atoms with Gasteiger partial charge in [0.1, 0.15) is 22.9 Å². The summed E-state index contributed by atoms with van der Waals surface area (Å²) >= 11 is 0. The number of phenolic OH excluding ortho intramolecular Hbond substituents is 1. The average Bonchev–Trinajstić information content (AvgIpc) is 3.17. The molecular formula is C28H38O4. The van der Waals surface area contributed by atoms with Crippen LogP contribution >= 0.6 is 0 Å². The first-order valence-corrected chi connectivity index (χ1v) is 11.8. The van der Waals surface area contributed by atoms with Crippen molar-refractivity contribution < 1.29 is 19.4 Å². The zero-order valence-electron chi connectivity index (χ0n) is 20.7. The number of ketones is 1. The average molecular weight is 439 g/mol. The molecule has 0 unspecified atom stereocenters. The maximum atomic E-state index is 13.7. The van der Waals surface area contributed by atoms with E-state index in [1.54, 1.807) is 19.2 Å². The molecule has 2 aliphatic carbocycles. The van der Waals surface area contributed by atoms with Gasteiger partial charge in [0.15, 0.2) is 0 Å². The number of Topliss-reactive ketones (excluding diaryl/α,β-unsaturated/α-hetero) is 1. The van der Waals surface area contributed by atoms with Gasteiger partial charge in [-0.2, -0.15) is 0 Å². The Morgan fingerprint density at radius 2 is 1.94 bits per heavy atom. The lowest BCUT2D eigenvalue weighted by Gasteiger charge is -2.59. The quantitative estimate of drug-likeness (QED) is 0.578. The Bertz CT molecular complexity index is 1000. The molecule has 3 aliphatic rings. The number of hydrogen-bond acceptors (Lipinski definition) is 4. The molecule has 174 valence electrons. The number of hydrogen-bond donors (Lipinski definition) is 1. The van der Waals surface area contributed by atoms with Crippen LogP contribution in [-0.2, 0) is 16.0 Å². The first kappa shape index (κ1) is 23.1. The van der Waals surface area contributed by atoms with Crippen molar-refractivity contribution in [3.8, 4) is 11.5 Å². The van der Waals surface area contributed by atoms with Gasteiger partial charge in [-0.3, -0.25) is 4.79 Å². The SMILES string of the molecule is COc1c(C)cc(O)cc1CC=C(C)[C@H]1C(=O)C[C@]2(C)CCC[C@]2(C)[C@@]12C=CC(C)(C)O2. The fourth-order valence-electron chi connectivity index (χ4n) is 6.94. The first-order valence-electron chi connectivity index (χ1n) is 11.8. The summed E-state index contributed by atoms with van der Waals surface area (Å²) in [5, 5.41) is 10.1. The van der Waals surface area contributed by atoms with Crippen LogP contribution in [0.4, 0.5) is 0 Å². The van der Waals surface area contributed by atoms with Crippen molar-refractivity contribution in [3.05, 3.63) is 47.1 Å². The summed E-state index contributed by atoms with van der Waals surface area (Å²) in [6, 6.07) is 3.46. The maximum Gasteiger partial charge on any atom is 0.143 e. The lowest BCUT2D eigenvalue weighted by molar-refractivity contribution is -0.207. The number of allylic oxidation sites excluding steroid dienone is 1. The van der Waals surface area contributed by atoms with Gasteiger partial charge in [0.2, 0.25) is 0 Å². The van der Waals surface area contributed by atoms with E-state index in [1.165, 1.54) is 0 Å². The molecule has 1 aromatic carbocycles. The smallest absolute Gasteiger partial charge is 0.143 e. The summed E-state index contributed by atoms with van der Waals surface area (Å²) in [6.07, 6.45) is 11.0. The monoisotopic (exact) mass is 438 g/mol. The molecule has 0 aromatic heterocycles. The Labute approximate surface area is 192 Å². The van der Waals surface area contributed by atoms with Crippen molar-refractivity contribution in [2.45, 2.75) is 84.8 Å². The third-order valence-electron chi connectivity index (χ3n) is 8.72. The van der Waals surface area contributed by atoms with Crippen LogP contribution in [0.1, 0.15) is 71.4 Å². The summed E-state index contributed by atoms with van der Waals surface area (Å²) < 4.78 is 12.5. The molecule has 4 rings (SSSR count). The fourth-order valence-corrected chi connectivity index (χ4v) is 6.94. The summed E-state index contributed by atoms with van der Waals surface area (Å²) in [6.45, 7) is 12.8. The number of carbonyl (C=O) groups excluding carboxylic acids is 1. The molecule has 4 heteroatoms. The molecule has 1 spiro atoms. The third kappa shape index (κ3) is 3.25. The molecular weight excluding hydrogens is 400 g/mol. The first-order chi connectivity index (χ1) is 14.9. The van der Waals surface area contributed by atoms with Crippen molar-refractivity contribution in [3.63, 3.8) is 0 Å². The van der Waals surface area contributed by atoms with Crippen molar-refractivity contribution in [2.24, 2.45) is 16.7 Å². The highest BCUT2D eigenvalue weighted by Gasteiger charge is 2.70. The zero-order chi connectivity index (χ0) is 23.5. The molecule has 0 bridgehead atoms. The summed E-state index contributed by atoms with van der Waals surface area (Å²) in [5.74, 6) is 0.987. The molecule has 0 radical (unpaired) electrons. The van der Waals surface area contributed by atoms with Crippen LogP contribution in [0, 0.1) is 23.7 Å². The van der Waals surface area contributed by atoms with Gasteiger partial charge in [0.25, 0.3) is 0 Å². The molecule has 1 aromatic rings. The number of carbonyl (C=O) groups is 1. The van der Waals surface area contributed by atoms with Gasteiger partial charge in [0.05, 0.1) is 18.6 Å². The minimum Gasteiger partial charge on any atom is -0.508 e. The predicted molar refractivity (Wildman–Crippen MR) is 127 cm³/mol. The third-order valence-corrected chi connectivity index (χ3v) is 8.72. The number of aryl methyl sites for hydroxylation is 1. The molecule has 2 saturated carbocycles. The van der Waals surface area contributed by atoms with E-state index in [2.05, 4.69) is 52.8 Å². The van der Waals surface area contributed by atoms with E-state index in [0.717, 1.165) is 41.7 Å². The molecule has 4 nitrogen and oxygen atoms in total. The van der Waals surface area contributed by atoms with Crippen molar-refractivity contribution in [1.82, 2.24) is 0 Å². The fraction of sp³-hybridized carbons (Fsp3) is 0.607. The van der Waals surface area contributed by atoms with E-state index in [-0.39, 0.29) is 28.3 Å². The highest BCUT2D eigenvalue weighted by Crippen LogP contribution is 2.69. The van der Waals surface area contributed by atoms with Gasteiger partial charge in [-0.15, -0.1) is 0 Å². The number of ether oxygens (including phenoxy) is 2. The van der Waals surface area contributed by atoms with Crippen molar-refractivity contribution in [1.29, 1.82) is 0 Å². The second kappa shape index (κ2) is 7.48. The Hall–Kier alpha value is -2.07. The van der Waals surface area contributed by atoms with Gasteiger partial charge in [-0.25, -0.2) is 0 Å². The van der Waals surface area contributed by atoms with Crippen LogP contribution in [0.2, 0.25) is 0 Å². The van der Waals surface area contributed by atoms with Gasteiger partial charge in [-0.05, 0) is 70.1 Å². The van der Waals surface area contributed by atoms with E-state index in [0.29, 0.717) is 12.8 Å². The molecule has 1 heterocycles. The Kier molecular flexibility index (Phi) is 5.40. The Balaban J connectivity index is 1.77. The van der Waals surface area contributed by atoms with Gasteiger partial charge in [-0.1, -0.05) is 44.1 Å². The second-order valence-corrected chi connectivity index (χ2v) is 11.3. The van der Waals surface area contributed by atoms with E-state index in [4.69, 9.17) is 9.47 Å². The molecule has 1 aliphatic heterocycles. The van der Waals surface area contributed by atoms with Crippen LogP contribution < -0.4 is 4.74 Å². The zero-order valence-corrected chi connectivity index (χ0v) is 20.7. The number of benzene rings is 1. The largest absolute Gasteiger partial charge is 0.508 e. The number of rotatable bonds is 4. The van der Waals surface area contributed by atoms with Crippen molar-refractivity contribution in [2.75, 3.05) is 7.11 Å². The number of fused-ring (bicyclic) bond motifs is 2. The maximum absolute atomic E-state index is 13.7. The van der Waals surface area contributed by atoms with Crippen LogP contribution in [0.15, 0.2) is 35.9 Å². The van der Waals surface area contributed by atoms with Gasteiger partial charge in [0, 0.05) is 17.4 Å². The summed E-state index contributed by atoms with van der Waals surface area (Å²) in [5.41, 5.74) is 1.69. The standard InChI is InChI=1S/C28H38O4/c1-18(9-10-20-16-21(29)15-19(2)24(20)31-7)23-22(30)17-26(5)11-8-12-27(26,6)28(23)14-13-25(3,4)32-28/h9,13-16,23,29H,8,10-12,17H2,1-7H3/t23-,26-,27-,28+/m0/s1. The second-order valence-electron chi connectivity index (χ2n) is 11.3. The molecule has 0 saturated heterocycles.